The molecule has 98 heavy (non-hydrogen) atoms. The van der Waals surface area contributed by atoms with Crippen molar-refractivity contribution in [1.82, 2.24) is 27.4 Å². The van der Waals surface area contributed by atoms with Crippen molar-refractivity contribution in [3.8, 4) is 69.5 Å². The summed E-state index contributed by atoms with van der Waals surface area (Å²) in [6, 6.07) is 111. The van der Waals surface area contributed by atoms with Crippen molar-refractivity contribution in [2.45, 2.75) is 0 Å². The van der Waals surface area contributed by atoms with Gasteiger partial charge in [-0.05, 0) is 145 Å². The maximum atomic E-state index is 11.4. The minimum atomic E-state index is 0.385. The molecule has 0 radical (unpaired) electrons. The van der Waals surface area contributed by atoms with Gasteiger partial charge in [-0.25, -0.2) is 0 Å². The second kappa shape index (κ2) is 20.7. The smallest absolute Gasteiger partial charge is 0.101 e. The molecule has 0 bridgehead atoms. The first-order chi connectivity index (χ1) is 48.5. The van der Waals surface area contributed by atoms with Crippen LogP contribution in [0.3, 0.4) is 0 Å². The Morgan fingerprint density at radius 3 is 0.837 bits per heavy atom. The molecule has 6 heterocycles. The molecule has 0 spiro atoms. The highest BCUT2D eigenvalue weighted by molar-refractivity contribution is 6.31. The Labute approximate surface area is 559 Å². The van der Waals surface area contributed by atoms with Crippen LogP contribution >= 0.6 is 0 Å². The Morgan fingerprint density at radius 2 is 0.439 bits per heavy atom. The molecule has 0 aliphatic carbocycles. The fraction of sp³-hybridized carbons (Fsp3) is 0. The normalized spacial score (nSPS) is 11.8. The minimum Gasteiger partial charge on any atom is -0.309 e. The summed E-state index contributed by atoms with van der Waals surface area (Å²) in [4.78, 5) is 0. The summed E-state index contributed by atoms with van der Waals surface area (Å²) in [5.41, 5.74) is 20.1. The van der Waals surface area contributed by atoms with Crippen molar-refractivity contribution < 1.29 is 0 Å². The van der Waals surface area contributed by atoms with E-state index in [9.17, 15) is 21.0 Å². The number of nitrogens with zero attached hydrogens (tertiary/aromatic N) is 10. The molecule has 0 saturated carbocycles. The van der Waals surface area contributed by atoms with Gasteiger partial charge < -0.3 is 27.4 Å². The number of rotatable bonds is 7. The van der Waals surface area contributed by atoms with E-state index >= 15 is 0 Å². The van der Waals surface area contributed by atoms with Gasteiger partial charge >= 0.3 is 0 Å². The predicted molar refractivity (Wildman–Crippen MR) is 397 cm³/mol. The van der Waals surface area contributed by atoms with Gasteiger partial charge in [-0.15, -0.1) is 0 Å². The summed E-state index contributed by atoms with van der Waals surface area (Å²) in [6.07, 6.45) is 0. The Bertz CT molecular complexity index is 7040. The average molecular weight is 1250 g/mol. The molecule has 0 atom stereocenters. The standard InChI is InChI=1S/C88H48N10/c89-49-55-43-56(50-90)84(48-83(55)95-69-29-13-7-23-61(69)62-24-8-14-30-70(62)95)98-74-34-18-12-28-66(74)87-80(98)42-40-78-88(87)68-45-54(36-38-76(68)94(78)60-21-5-2-6-22-60)53-35-37-75-67(44-53)63-25-9-15-31-71(63)96(75)81-46-58(52-92)82(47-57(81)51-91)97-73-33-17-11-27-65(73)86-79(97)41-39-77-85(86)64-26-10-16-32-72(64)93(77)59-19-3-1-4-20-59/h1-48H. The van der Waals surface area contributed by atoms with Crippen LogP contribution in [-0.4, -0.2) is 27.4 Å². The zero-order chi connectivity index (χ0) is 65.0. The van der Waals surface area contributed by atoms with Crippen LogP contribution in [-0.2, 0) is 0 Å². The van der Waals surface area contributed by atoms with E-state index in [2.05, 4.69) is 264 Å². The first-order valence-corrected chi connectivity index (χ1v) is 32.6. The first kappa shape index (κ1) is 54.4. The van der Waals surface area contributed by atoms with E-state index in [1.54, 1.807) is 6.07 Å². The molecular formula is C88H48N10. The molecule has 20 aromatic rings. The highest BCUT2D eigenvalue weighted by Crippen LogP contribution is 2.48. The maximum Gasteiger partial charge on any atom is 0.101 e. The summed E-state index contributed by atoms with van der Waals surface area (Å²) in [5, 5.41) is 57.6. The lowest BCUT2D eigenvalue weighted by molar-refractivity contribution is 1.12. The van der Waals surface area contributed by atoms with Crippen LogP contribution in [0.4, 0.5) is 0 Å². The number of para-hydroxylation sites is 8. The Morgan fingerprint density at radius 1 is 0.184 bits per heavy atom. The average Bonchev–Trinajstić information content (AvgIpc) is 1.55. The van der Waals surface area contributed by atoms with Crippen molar-refractivity contribution in [3.63, 3.8) is 0 Å². The largest absolute Gasteiger partial charge is 0.309 e. The van der Waals surface area contributed by atoms with Crippen molar-refractivity contribution in [3.05, 3.63) is 313 Å². The fourth-order valence-electron chi connectivity index (χ4n) is 16.3. The summed E-state index contributed by atoms with van der Waals surface area (Å²) in [7, 11) is 0. The molecule has 0 saturated heterocycles. The van der Waals surface area contributed by atoms with E-state index in [0.29, 0.717) is 45.0 Å². The third-order valence-corrected chi connectivity index (χ3v) is 20.3. The minimum absolute atomic E-state index is 0.385. The van der Waals surface area contributed by atoms with Crippen molar-refractivity contribution in [1.29, 1.82) is 21.0 Å². The van der Waals surface area contributed by atoms with Crippen LogP contribution in [0, 0.1) is 45.3 Å². The van der Waals surface area contributed by atoms with Crippen LogP contribution in [0.5, 0.6) is 0 Å². The number of benzene rings is 14. The molecule has 10 nitrogen and oxygen atoms in total. The summed E-state index contributed by atoms with van der Waals surface area (Å²) in [6.45, 7) is 0. The number of hydrogen-bond acceptors (Lipinski definition) is 4. The van der Waals surface area contributed by atoms with E-state index in [1.165, 1.54) is 0 Å². The Hall–Kier alpha value is -14.2. The SMILES string of the molecule is N#Cc1cc(-n2c3ccccc3c3c4c5ccccc5n(-c5ccccc5)c4ccc32)c(C#N)cc1-n1c2ccccc2c2cc(-c3ccc4c(c3)c3c5c6ccccc6n(-c6cc(-n7c8ccccc8c8ccccc87)c(C#N)cc6C#N)c5ccc3n4-c3ccccc3)ccc21. The Balaban J connectivity index is 0.773. The second-order valence-corrected chi connectivity index (χ2v) is 25.2. The van der Waals surface area contributed by atoms with Crippen molar-refractivity contribution >= 4 is 131 Å². The molecular weight excluding hydrogens is 1200 g/mol. The third-order valence-electron chi connectivity index (χ3n) is 20.3. The van der Waals surface area contributed by atoms with Gasteiger partial charge in [0.15, 0.2) is 0 Å². The van der Waals surface area contributed by atoms with Crippen LogP contribution < -0.4 is 0 Å². The summed E-state index contributed by atoms with van der Waals surface area (Å²) < 4.78 is 13.4. The van der Waals surface area contributed by atoms with Gasteiger partial charge in [0.25, 0.3) is 0 Å². The highest BCUT2D eigenvalue weighted by Gasteiger charge is 2.28. The highest BCUT2D eigenvalue weighted by atomic mass is 15.0. The van der Waals surface area contributed by atoms with E-state index in [0.717, 1.165) is 153 Å². The quantitative estimate of drug-likeness (QED) is 0.158. The molecule has 20 rings (SSSR count). The van der Waals surface area contributed by atoms with Crippen LogP contribution in [0.15, 0.2) is 291 Å². The number of hydrogen-bond donors (Lipinski definition) is 0. The molecule has 14 aromatic carbocycles. The molecule has 0 aliphatic rings. The topological polar surface area (TPSA) is 125 Å². The number of fused-ring (bicyclic) bond motifs is 20. The van der Waals surface area contributed by atoms with E-state index in [1.807, 2.05) is 72.8 Å². The molecule has 10 heteroatoms. The van der Waals surface area contributed by atoms with E-state index in [-0.39, 0.29) is 0 Å². The molecule has 0 amide bonds. The predicted octanol–water partition coefficient (Wildman–Crippen LogP) is 21.4. The number of aromatic nitrogens is 6. The lowest BCUT2D eigenvalue weighted by Crippen LogP contribution is -2.04. The molecule has 6 aromatic heterocycles. The van der Waals surface area contributed by atoms with Gasteiger partial charge in [-0.2, -0.15) is 21.0 Å². The molecule has 0 N–H and O–H groups in total. The summed E-state index contributed by atoms with van der Waals surface area (Å²) in [5.74, 6) is 0. The molecule has 450 valence electrons. The van der Waals surface area contributed by atoms with Crippen LogP contribution in [0.2, 0.25) is 0 Å². The monoisotopic (exact) mass is 1240 g/mol. The molecule has 0 fully saturated rings. The third kappa shape index (κ3) is 7.46. The van der Waals surface area contributed by atoms with Crippen molar-refractivity contribution in [2.75, 3.05) is 0 Å². The van der Waals surface area contributed by atoms with Gasteiger partial charge in [-0.3, -0.25) is 0 Å². The van der Waals surface area contributed by atoms with Gasteiger partial charge in [-0.1, -0.05) is 158 Å². The van der Waals surface area contributed by atoms with E-state index in [4.69, 9.17) is 0 Å². The van der Waals surface area contributed by atoms with Gasteiger partial charge in [0, 0.05) is 76.0 Å². The lowest BCUT2D eigenvalue weighted by Gasteiger charge is -2.16. The van der Waals surface area contributed by atoms with Gasteiger partial charge in [0.1, 0.15) is 24.3 Å². The number of nitriles is 4. The zero-order valence-electron chi connectivity index (χ0n) is 52.2. The fourth-order valence-corrected chi connectivity index (χ4v) is 16.3. The second-order valence-electron chi connectivity index (χ2n) is 25.2. The molecule has 0 aliphatic heterocycles. The van der Waals surface area contributed by atoms with Crippen LogP contribution in [0.25, 0.3) is 176 Å². The van der Waals surface area contributed by atoms with E-state index < -0.39 is 0 Å². The Kier molecular flexibility index (Phi) is 11.5. The van der Waals surface area contributed by atoms with Gasteiger partial charge in [0.05, 0.1) is 111 Å². The van der Waals surface area contributed by atoms with Gasteiger partial charge in [0.2, 0.25) is 0 Å². The van der Waals surface area contributed by atoms with Crippen molar-refractivity contribution in [2.24, 2.45) is 0 Å². The maximum absolute atomic E-state index is 11.4. The molecule has 0 unspecified atom stereocenters. The zero-order valence-corrected chi connectivity index (χ0v) is 52.2. The summed E-state index contributed by atoms with van der Waals surface area (Å²) >= 11 is 0. The van der Waals surface area contributed by atoms with Crippen LogP contribution in [0.1, 0.15) is 22.3 Å². The lowest BCUT2D eigenvalue weighted by atomic mass is 9.99. The first-order valence-electron chi connectivity index (χ1n) is 32.6.